The number of carboxylic acid groups (broad SMARTS) is 1. The number of nitrogens with one attached hydrogen (secondary N) is 2. The van der Waals surface area contributed by atoms with Crippen LogP contribution < -0.4 is 16.2 Å². The molecule has 0 unspecified atom stereocenters. The first-order valence-electron chi connectivity index (χ1n) is 13.1. The van der Waals surface area contributed by atoms with Gasteiger partial charge in [0, 0.05) is 45.1 Å². The predicted molar refractivity (Wildman–Crippen MR) is 160 cm³/mol. The Labute approximate surface area is 240 Å². The monoisotopic (exact) mass is 572 g/mol. The van der Waals surface area contributed by atoms with E-state index in [1.165, 1.54) is 10.8 Å². The highest BCUT2D eigenvalue weighted by Gasteiger charge is 2.22. The van der Waals surface area contributed by atoms with E-state index in [1.807, 2.05) is 36.4 Å². The molecule has 0 saturated heterocycles. The summed E-state index contributed by atoms with van der Waals surface area (Å²) in [5.41, 5.74) is 2.77. The summed E-state index contributed by atoms with van der Waals surface area (Å²) < 4.78 is 3.52. The Morgan fingerprint density at radius 2 is 1.71 bits per heavy atom. The second kappa shape index (κ2) is 11.4. The highest BCUT2D eigenvalue weighted by Crippen LogP contribution is 2.32. The van der Waals surface area contributed by atoms with Gasteiger partial charge in [0.05, 0.1) is 19.0 Å². The number of hydrogen-bond acceptors (Lipinski definition) is 4. The molecule has 1 atom stereocenters. The normalized spacial score (nSPS) is 12.0. The number of pyridine rings is 1. The summed E-state index contributed by atoms with van der Waals surface area (Å²) in [6.45, 7) is 4.55. The molecule has 3 aromatic carbocycles. The lowest BCUT2D eigenvalue weighted by atomic mass is 10.0. The van der Waals surface area contributed by atoms with Crippen molar-refractivity contribution in [2.45, 2.75) is 39.4 Å². The number of carbonyl (C=O) groups is 2. The molecule has 2 amide bonds. The van der Waals surface area contributed by atoms with Crippen molar-refractivity contribution in [2.24, 2.45) is 0 Å². The smallest absolute Gasteiger partial charge is 0.319 e. The van der Waals surface area contributed by atoms with Crippen LogP contribution in [0.4, 0.5) is 10.5 Å². The summed E-state index contributed by atoms with van der Waals surface area (Å²) in [4.78, 5) is 38.2. The van der Waals surface area contributed by atoms with E-state index in [0.29, 0.717) is 21.7 Å². The number of aromatic hydroxyl groups is 1. The lowest BCUT2D eigenvalue weighted by Gasteiger charge is -2.19. The highest BCUT2D eigenvalue weighted by atomic mass is 35.5. The minimum absolute atomic E-state index is 0.128. The fourth-order valence-electron chi connectivity index (χ4n) is 5.20. The zero-order chi connectivity index (χ0) is 29.3. The van der Waals surface area contributed by atoms with E-state index < -0.39 is 23.6 Å². The van der Waals surface area contributed by atoms with Gasteiger partial charge in [-0.3, -0.25) is 9.59 Å². The van der Waals surface area contributed by atoms with Crippen LogP contribution in [0.5, 0.6) is 5.75 Å². The van der Waals surface area contributed by atoms with Crippen molar-refractivity contribution in [3.8, 4) is 5.75 Å². The Bertz CT molecular complexity index is 1860. The maximum Gasteiger partial charge on any atom is 0.319 e. The molecule has 5 aromatic rings. The number of aryl methyl sites for hydroxylation is 2. The van der Waals surface area contributed by atoms with Gasteiger partial charge in [-0.1, -0.05) is 54.1 Å². The van der Waals surface area contributed by atoms with Crippen LogP contribution in [-0.2, 0) is 17.9 Å². The average molecular weight is 573 g/mol. The first kappa shape index (κ1) is 27.8. The lowest BCUT2D eigenvalue weighted by Crippen LogP contribution is -2.36. The van der Waals surface area contributed by atoms with Gasteiger partial charge >= 0.3 is 12.0 Å². The Balaban J connectivity index is 1.46. The summed E-state index contributed by atoms with van der Waals surface area (Å²) >= 11 is 6.26. The molecule has 210 valence electrons. The predicted octanol–water partition coefficient (Wildman–Crippen LogP) is 6.03. The molecule has 9 nitrogen and oxygen atoms in total. The largest absolute Gasteiger partial charge is 0.505 e. The van der Waals surface area contributed by atoms with Crippen LogP contribution in [0.3, 0.4) is 0 Å². The molecule has 2 heterocycles. The summed E-state index contributed by atoms with van der Waals surface area (Å²) in [7, 11) is 0. The van der Waals surface area contributed by atoms with Gasteiger partial charge in [0.1, 0.15) is 5.75 Å². The number of urea groups is 1. The number of carboxylic acids is 1. The number of rotatable bonds is 8. The molecular formula is C31H29ClN4O5. The molecule has 0 fully saturated rings. The number of anilines is 1. The number of amides is 2. The number of aromatic nitrogens is 2. The quantitative estimate of drug-likeness (QED) is 0.181. The fraction of sp³-hybridized carbons (Fsp3) is 0.194. The minimum Gasteiger partial charge on any atom is -0.505 e. The van der Waals surface area contributed by atoms with Crippen molar-refractivity contribution in [2.75, 3.05) is 5.32 Å². The van der Waals surface area contributed by atoms with E-state index in [-0.39, 0.29) is 24.4 Å². The van der Waals surface area contributed by atoms with Crippen LogP contribution in [-0.4, -0.2) is 31.3 Å². The van der Waals surface area contributed by atoms with Gasteiger partial charge in [0.25, 0.3) is 5.56 Å². The van der Waals surface area contributed by atoms with E-state index in [2.05, 4.69) is 22.1 Å². The average Bonchev–Trinajstić information content (AvgIpc) is 3.27. The maximum atomic E-state index is 13.2. The highest BCUT2D eigenvalue weighted by molar-refractivity contribution is 6.31. The first-order chi connectivity index (χ1) is 19.7. The lowest BCUT2D eigenvalue weighted by molar-refractivity contribution is -0.137. The van der Waals surface area contributed by atoms with Gasteiger partial charge in [-0.25, -0.2) is 4.79 Å². The molecule has 0 spiro atoms. The Hall–Kier alpha value is -4.76. The maximum absolute atomic E-state index is 13.2. The van der Waals surface area contributed by atoms with Gasteiger partial charge in [-0.15, -0.1) is 0 Å². The summed E-state index contributed by atoms with van der Waals surface area (Å²) in [6, 6.07) is 18.9. The van der Waals surface area contributed by atoms with Gasteiger partial charge in [0.2, 0.25) is 0 Å². The molecule has 41 heavy (non-hydrogen) atoms. The number of hydrogen-bond donors (Lipinski definition) is 4. The zero-order valence-electron chi connectivity index (χ0n) is 22.5. The van der Waals surface area contributed by atoms with E-state index in [0.717, 1.165) is 28.4 Å². The van der Waals surface area contributed by atoms with Crippen molar-refractivity contribution in [1.29, 1.82) is 0 Å². The second-order valence-electron chi connectivity index (χ2n) is 9.85. The Morgan fingerprint density at radius 1 is 1.00 bits per heavy atom. The Morgan fingerprint density at radius 3 is 2.44 bits per heavy atom. The molecule has 0 aliphatic rings. The number of fused-ring (bicyclic) bond motifs is 3. The van der Waals surface area contributed by atoms with Crippen molar-refractivity contribution < 1.29 is 19.8 Å². The van der Waals surface area contributed by atoms with Crippen LogP contribution in [0.25, 0.3) is 21.8 Å². The molecule has 4 N–H and O–H groups in total. The van der Waals surface area contributed by atoms with Crippen molar-refractivity contribution in [3.05, 3.63) is 105 Å². The molecule has 10 heteroatoms. The third-order valence-corrected chi connectivity index (χ3v) is 7.54. The summed E-state index contributed by atoms with van der Waals surface area (Å²) in [5, 5.41) is 27.8. The topological polar surface area (TPSA) is 126 Å². The number of aliphatic carboxylic acids is 1. The van der Waals surface area contributed by atoms with Crippen LogP contribution in [0, 0.1) is 6.92 Å². The third-order valence-electron chi connectivity index (χ3n) is 7.17. The van der Waals surface area contributed by atoms with Crippen molar-refractivity contribution >= 4 is 51.1 Å². The number of nitrogens with zero attached hydrogens (tertiary/aromatic N) is 2. The fourth-order valence-corrected chi connectivity index (χ4v) is 5.39. The zero-order valence-corrected chi connectivity index (χ0v) is 23.3. The van der Waals surface area contributed by atoms with Crippen LogP contribution in [0.1, 0.15) is 36.1 Å². The SMILES string of the molecule is CCn1c2ccccc2c2cc([C@H](CC(=O)O)NC(=O)Nc3c(O)c(C)cn(Cc4ccccc4Cl)c3=O)ccc21. The number of halogens is 1. The summed E-state index contributed by atoms with van der Waals surface area (Å²) in [5.74, 6) is -1.48. The number of para-hydroxylation sites is 1. The van der Waals surface area contributed by atoms with Gasteiger partial charge in [0.15, 0.2) is 5.69 Å². The van der Waals surface area contributed by atoms with Crippen molar-refractivity contribution in [3.63, 3.8) is 0 Å². The van der Waals surface area contributed by atoms with Crippen LogP contribution >= 0.6 is 11.6 Å². The van der Waals surface area contributed by atoms with Gasteiger partial charge in [-0.05, 0) is 49.2 Å². The van der Waals surface area contributed by atoms with Crippen molar-refractivity contribution in [1.82, 2.24) is 14.5 Å². The molecule has 5 rings (SSSR count). The molecule has 0 bridgehead atoms. The second-order valence-corrected chi connectivity index (χ2v) is 10.3. The number of carbonyl (C=O) groups excluding carboxylic acids is 1. The number of benzene rings is 3. The molecule has 2 aromatic heterocycles. The molecule has 0 radical (unpaired) electrons. The standard InChI is InChI=1S/C31H29ClN4O5/c1-3-36-25-11-7-5-9-21(25)22-14-19(12-13-26(22)36)24(15-27(37)38)33-31(41)34-28-29(39)18(2)16-35(30(28)40)17-20-8-4-6-10-23(20)32/h4-14,16,24,39H,3,15,17H2,1-2H3,(H,37,38)(H2,33,34,41)/t24-/m0/s1. The van der Waals surface area contributed by atoms with Crippen LogP contribution in [0.15, 0.2) is 77.7 Å². The molecule has 0 saturated carbocycles. The van der Waals surface area contributed by atoms with E-state index in [1.54, 1.807) is 37.3 Å². The van der Waals surface area contributed by atoms with Gasteiger partial charge < -0.3 is 30.0 Å². The molecular weight excluding hydrogens is 544 g/mol. The molecule has 0 aliphatic carbocycles. The van der Waals surface area contributed by atoms with E-state index in [9.17, 15) is 24.6 Å². The van der Waals surface area contributed by atoms with Gasteiger partial charge in [-0.2, -0.15) is 0 Å². The van der Waals surface area contributed by atoms with Crippen LogP contribution in [0.2, 0.25) is 5.02 Å². The van der Waals surface area contributed by atoms with E-state index in [4.69, 9.17) is 11.6 Å². The van der Waals surface area contributed by atoms with E-state index >= 15 is 0 Å². The first-order valence-corrected chi connectivity index (χ1v) is 13.5. The third kappa shape index (κ3) is 5.49. The Kier molecular flexibility index (Phi) is 7.72. The molecule has 0 aliphatic heterocycles. The summed E-state index contributed by atoms with van der Waals surface area (Å²) in [6.07, 6.45) is 1.10. The minimum atomic E-state index is -1.10.